The molecule has 1 aliphatic rings. The highest BCUT2D eigenvalue weighted by Gasteiger charge is 2.26. The van der Waals surface area contributed by atoms with Crippen LogP contribution in [0.5, 0.6) is 0 Å². The van der Waals surface area contributed by atoms with Gasteiger partial charge >= 0.3 is 12.1 Å². The monoisotopic (exact) mass is 225 g/mol. The fraction of sp³-hybridized carbons (Fsp3) is 0.444. The summed E-state index contributed by atoms with van der Waals surface area (Å²) in [6.45, 7) is 2.63. The van der Waals surface area contributed by atoms with E-state index in [9.17, 15) is 9.59 Å². The van der Waals surface area contributed by atoms with E-state index in [0.717, 1.165) is 0 Å². The molecule has 86 valence electrons. The van der Waals surface area contributed by atoms with Crippen molar-refractivity contribution in [3.05, 3.63) is 17.2 Å². The van der Waals surface area contributed by atoms with Crippen LogP contribution in [0.3, 0.4) is 0 Å². The zero-order valence-electron chi connectivity index (χ0n) is 8.67. The maximum Gasteiger partial charge on any atom is 0.407 e. The van der Waals surface area contributed by atoms with Crippen molar-refractivity contribution in [3.8, 4) is 0 Å². The number of amides is 1. The van der Waals surface area contributed by atoms with Crippen LogP contribution in [0.25, 0.3) is 0 Å². The number of carbonyl (C=O) groups is 2. The van der Waals surface area contributed by atoms with Gasteiger partial charge in [0.1, 0.15) is 5.82 Å². The van der Waals surface area contributed by atoms with Crippen molar-refractivity contribution in [2.24, 2.45) is 0 Å². The van der Waals surface area contributed by atoms with Gasteiger partial charge in [-0.3, -0.25) is 4.90 Å². The van der Waals surface area contributed by atoms with Crippen LogP contribution in [0, 0.1) is 6.92 Å². The molecular formula is C9H11N3O4. The van der Waals surface area contributed by atoms with E-state index in [1.807, 2.05) is 0 Å². The second kappa shape index (κ2) is 3.51. The lowest BCUT2D eigenvalue weighted by molar-refractivity contribution is 0.0690. The first-order valence-electron chi connectivity index (χ1n) is 4.78. The Balaban J connectivity index is 2.37. The van der Waals surface area contributed by atoms with Crippen molar-refractivity contribution in [3.63, 3.8) is 0 Å². The molecule has 0 radical (unpaired) electrons. The highest BCUT2D eigenvalue weighted by molar-refractivity contribution is 5.86. The quantitative estimate of drug-likeness (QED) is 0.720. The first-order chi connectivity index (χ1) is 7.50. The molecule has 0 aliphatic carbocycles. The molecule has 0 atom stereocenters. The Labute approximate surface area is 90.9 Å². The van der Waals surface area contributed by atoms with Crippen LogP contribution < -0.4 is 0 Å². The molecule has 7 nitrogen and oxygen atoms in total. The van der Waals surface area contributed by atoms with Gasteiger partial charge in [0.05, 0.1) is 6.54 Å². The third-order valence-corrected chi connectivity index (χ3v) is 2.70. The SMILES string of the molecule is Cc1c(C(=O)O)nc2n1CCN(C(=O)O)C2. The number of carboxylic acids is 1. The third-order valence-electron chi connectivity index (χ3n) is 2.70. The second-order valence-corrected chi connectivity index (χ2v) is 3.62. The van der Waals surface area contributed by atoms with Gasteiger partial charge < -0.3 is 14.8 Å². The Morgan fingerprint density at radius 2 is 2.00 bits per heavy atom. The van der Waals surface area contributed by atoms with Gasteiger partial charge in [0.15, 0.2) is 5.69 Å². The Hall–Kier alpha value is -2.05. The van der Waals surface area contributed by atoms with Crippen LogP contribution in [0.2, 0.25) is 0 Å². The van der Waals surface area contributed by atoms with Crippen molar-refractivity contribution in [1.29, 1.82) is 0 Å². The van der Waals surface area contributed by atoms with E-state index >= 15 is 0 Å². The number of aromatic nitrogens is 2. The van der Waals surface area contributed by atoms with Gasteiger partial charge in [-0.15, -0.1) is 0 Å². The summed E-state index contributed by atoms with van der Waals surface area (Å²) in [4.78, 5) is 26.8. The Morgan fingerprint density at radius 1 is 1.31 bits per heavy atom. The van der Waals surface area contributed by atoms with Crippen LogP contribution in [-0.4, -0.2) is 43.3 Å². The molecule has 2 rings (SSSR count). The Bertz CT molecular complexity index is 466. The smallest absolute Gasteiger partial charge is 0.407 e. The molecule has 0 unspecified atom stereocenters. The van der Waals surface area contributed by atoms with Gasteiger partial charge in [0.25, 0.3) is 0 Å². The summed E-state index contributed by atoms with van der Waals surface area (Å²) < 4.78 is 1.75. The summed E-state index contributed by atoms with van der Waals surface area (Å²) in [6, 6.07) is 0. The predicted octanol–water partition coefficient (Wildman–Crippen LogP) is 0.383. The van der Waals surface area contributed by atoms with E-state index in [2.05, 4.69) is 4.98 Å². The zero-order chi connectivity index (χ0) is 11.9. The van der Waals surface area contributed by atoms with E-state index < -0.39 is 12.1 Å². The maximum atomic E-state index is 10.8. The lowest BCUT2D eigenvalue weighted by Gasteiger charge is -2.25. The normalized spacial score (nSPS) is 14.7. The molecule has 0 saturated carbocycles. The molecule has 0 aromatic carbocycles. The minimum atomic E-state index is -1.08. The van der Waals surface area contributed by atoms with Crippen molar-refractivity contribution < 1.29 is 19.8 Å². The van der Waals surface area contributed by atoms with Crippen LogP contribution in [0.1, 0.15) is 22.0 Å². The molecule has 0 bridgehead atoms. The summed E-state index contributed by atoms with van der Waals surface area (Å²) in [5.41, 5.74) is 0.578. The molecule has 1 amide bonds. The van der Waals surface area contributed by atoms with Crippen LogP contribution in [-0.2, 0) is 13.1 Å². The minimum Gasteiger partial charge on any atom is -0.476 e. The van der Waals surface area contributed by atoms with E-state index in [4.69, 9.17) is 10.2 Å². The predicted molar refractivity (Wildman–Crippen MR) is 52.4 cm³/mol. The maximum absolute atomic E-state index is 10.8. The number of hydrogen-bond donors (Lipinski definition) is 2. The first-order valence-corrected chi connectivity index (χ1v) is 4.78. The molecule has 7 heteroatoms. The first kappa shape index (κ1) is 10.5. The van der Waals surface area contributed by atoms with Crippen molar-refractivity contribution >= 4 is 12.1 Å². The summed E-state index contributed by atoms with van der Waals surface area (Å²) in [5, 5.41) is 17.7. The fourth-order valence-corrected chi connectivity index (χ4v) is 1.85. The molecule has 0 fully saturated rings. The van der Waals surface area contributed by atoms with Crippen molar-refractivity contribution in [2.45, 2.75) is 20.0 Å². The summed E-state index contributed by atoms with van der Waals surface area (Å²) >= 11 is 0. The van der Waals surface area contributed by atoms with Gasteiger partial charge in [-0.25, -0.2) is 14.6 Å². The van der Waals surface area contributed by atoms with Gasteiger partial charge in [-0.05, 0) is 6.92 Å². The summed E-state index contributed by atoms with van der Waals surface area (Å²) in [6.07, 6.45) is -1.01. The van der Waals surface area contributed by atoms with E-state index in [0.29, 0.717) is 24.6 Å². The Morgan fingerprint density at radius 3 is 2.56 bits per heavy atom. The standard InChI is InChI=1S/C9H11N3O4/c1-5-7(8(13)14)10-6-4-11(9(15)16)2-3-12(5)6/h2-4H2,1H3,(H,13,14)(H,15,16). The molecule has 0 saturated heterocycles. The molecule has 1 aromatic heterocycles. The molecule has 2 heterocycles. The highest BCUT2D eigenvalue weighted by atomic mass is 16.4. The fourth-order valence-electron chi connectivity index (χ4n) is 1.85. The number of nitrogens with zero attached hydrogens (tertiary/aromatic N) is 3. The average Bonchev–Trinajstić information content (AvgIpc) is 2.55. The van der Waals surface area contributed by atoms with Gasteiger partial charge in [0.2, 0.25) is 0 Å². The summed E-state index contributed by atoms with van der Waals surface area (Å²) in [5.74, 6) is -0.593. The number of rotatable bonds is 1. The molecular weight excluding hydrogens is 214 g/mol. The average molecular weight is 225 g/mol. The van der Waals surface area contributed by atoms with E-state index in [1.54, 1.807) is 11.5 Å². The minimum absolute atomic E-state index is 0.00207. The lowest BCUT2D eigenvalue weighted by Crippen LogP contribution is -2.37. The zero-order valence-corrected chi connectivity index (χ0v) is 8.67. The summed E-state index contributed by atoms with van der Waals surface area (Å²) in [7, 11) is 0. The van der Waals surface area contributed by atoms with Crippen molar-refractivity contribution in [1.82, 2.24) is 14.5 Å². The van der Waals surface area contributed by atoms with Crippen LogP contribution in [0.15, 0.2) is 0 Å². The molecule has 1 aliphatic heterocycles. The topological polar surface area (TPSA) is 95.7 Å². The van der Waals surface area contributed by atoms with Gasteiger partial charge in [0, 0.05) is 18.8 Å². The largest absolute Gasteiger partial charge is 0.476 e. The molecule has 1 aromatic rings. The van der Waals surface area contributed by atoms with E-state index in [-0.39, 0.29) is 12.2 Å². The lowest BCUT2D eigenvalue weighted by atomic mass is 10.3. The molecule has 16 heavy (non-hydrogen) atoms. The number of hydrogen-bond acceptors (Lipinski definition) is 3. The van der Waals surface area contributed by atoms with Gasteiger partial charge in [-0.1, -0.05) is 0 Å². The van der Waals surface area contributed by atoms with Gasteiger partial charge in [-0.2, -0.15) is 0 Å². The number of aromatic carboxylic acids is 1. The highest BCUT2D eigenvalue weighted by Crippen LogP contribution is 2.17. The Kier molecular flexibility index (Phi) is 2.30. The van der Waals surface area contributed by atoms with Crippen LogP contribution in [0.4, 0.5) is 4.79 Å². The van der Waals surface area contributed by atoms with Crippen molar-refractivity contribution in [2.75, 3.05) is 6.54 Å². The number of imidazole rings is 1. The third kappa shape index (κ3) is 1.50. The number of carboxylic acid groups (broad SMARTS) is 2. The number of fused-ring (bicyclic) bond motifs is 1. The van der Waals surface area contributed by atoms with E-state index in [1.165, 1.54) is 4.90 Å². The molecule has 2 N–H and O–H groups in total. The second-order valence-electron chi connectivity index (χ2n) is 3.62. The van der Waals surface area contributed by atoms with Crippen LogP contribution >= 0.6 is 0 Å². The molecule has 0 spiro atoms.